The summed E-state index contributed by atoms with van der Waals surface area (Å²) in [7, 11) is -7.44. The van der Waals surface area contributed by atoms with Gasteiger partial charge in [0.05, 0.1) is 28.6 Å². The first-order valence-corrected chi connectivity index (χ1v) is 16.1. The fraction of sp³-hybridized carbons (Fsp3) is 0.538. The second-order valence-electron chi connectivity index (χ2n) is 10.4. The van der Waals surface area contributed by atoms with Crippen LogP contribution in [0.5, 0.6) is 11.5 Å². The van der Waals surface area contributed by atoms with E-state index >= 15 is 0 Å². The average molecular weight is 582 g/mol. The van der Waals surface area contributed by atoms with Crippen molar-refractivity contribution in [3.63, 3.8) is 0 Å². The SMILES string of the molecule is NS(=O)(=O)c1cccc(OC[C@@H](O)CN[C@H]2COC3(CCN(S(=O)(=O)c4ccc5c(c4)CCCO5)CC3)C2)c1. The van der Waals surface area contributed by atoms with E-state index in [9.17, 15) is 21.9 Å². The number of aliphatic hydroxyl groups excluding tert-OH is 1. The first-order chi connectivity index (χ1) is 18.5. The third-order valence-electron chi connectivity index (χ3n) is 7.58. The third kappa shape index (κ3) is 6.56. The highest BCUT2D eigenvalue weighted by molar-refractivity contribution is 7.89. The Bertz CT molecular complexity index is 1390. The lowest BCUT2D eigenvalue weighted by Crippen LogP contribution is -2.47. The van der Waals surface area contributed by atoms with Crippen molar-refractivity contribution < 1.29 is 36.2 Å². The topological polar surface area (TPSA) is 157 Å². The van der Waals surface area contributed by atoms with E-state index in [1.165, 1.54) is 18.2 Å². The van der Waals surface area contributed by atoms with Crippen LogP contribution in [0.2, 0.25) is 0 Å². The van der Waals surface area contributed by atoms with Gasteiger partial charge in [-0.3, -0.25) is 0 Å². The van der Waals surface area contributed by atoms with E-state index in [2.05, 4.69) is 5.32 Å². The molecular formula is C26H35N3O8S2. The molecule has 3 heterocycles. The summed E-state index contributed by atoms with van der Waals surface area (Å²) in [4.78, 5) is 0.249. The zero-order valence-corrected chi connectivity index (χ0v) is 23.3. The van der Waals surface area contributed by atoms with E-state index in [1.807, 2.05) is 0 Å². The summed E-state index contributed by atoms with van der Waals surface area (Å²) in [5.74, 6) is 1.07. The van der Waals surface area contributed by atoms with Gasteiger partial charge < -0.3 is 24.6 Å². The smallest absolute Gasteiger partial charge is 0.243 e. The molecule has 2 aromatic carbocycles. The van der Waals surface area contributed by atoms with Crippen LogP contribution in [-0.2, 0) is 31.2 Å². The van der Waals surface area contributed by atoms with Crippen LogP contribution >= 0.6 is 0 Å². The van der Waals surface area contributed by atoms with E-state index in [0.717, 1.165) is 30.6 Å². The summed E-state index contributed by atoms with van der Waals surface area (Å²) in [6, 6.07) is 11.0. The summed E-state index contributed by atoms with van der Waals surface area (Å²) in [5, 5.41) is 18.8. The van der Waals surface area contributed by atoms with Crippen LogP contribution in [0.1, 0.15) is 31.2 Å². The molecular weight excluding hydrogens is 546 g/mol. The first-order valence-electron chi connectivity index (χ1n) is 13.1. The molecule has 39 heavy (non-hydrogen) atoms. The van der Waals surface area contributed by atoms with Crippen LogP contribution in [0, 0.1) is 0 Å². The molecule has 3 aliphatic heterocycles. The van der Waals surface area contributed by atoms with Crippen LogP contribution < -0.4 is 19.9 Å². The fourth-order valence-corrected chi connectivity index (χ4v) is 7.44. The van der Waals surface area contributed by atoms with E-state index in [-0.39, 0.29) is 29.7 Å². The Balaban J connectivity index is 1.08. The quantitative estimate of drug-likeness (QED) is 0.393. The molecule has 214 valence electrons. The molecule has 0 aliphatic carbocycles. The largest absolute Gasteiger partial charge is 0.493 e. The molecule has 2 fully saturated rings. The molecule has 13 heteroatoms. The molecule has 0 unspecified atom stereocenters. The predicted octanol–water partition coefficient (Wildman–Crippen LogP) is 1.00. The number of rotatable bonds is 9. The number of sulfonamides is 2. The van der Waals surface area contributed by atoms with Gasteiger partial charge in [0.25, 0.3) is 0 Å². The molecule has 2 atom stereocenters. The number of nitrogens with two attached hydrogens (primary N) is 1. The van der Waals surface area contributed by atoms with Gasteiger partial charge in [0, 0.05) is 31.7 Å². The standard InChI is InChI=1S/C26H35N3O8S2/c27-38(31,32)23-5-1-4-22(14-23)36-18-21(30)16-28-20-15-26(37-17-20)8-10-29(11-9-26)39(33,34)24-6-7-25-19(13-24)3-2-12-35-25/h1,4-7,13-14,20-21,28,30H,2-3,8-12,15-18H2,(H2,27,31,32)/t20-,21+/m1/s1. The van der Waals surface area contributed by atoms with Gasteiger partial charge in [0.15, 0.2) is 0 Å². The Hall–Kier alpha value is -2.26. The maximum absolute atomic E-state index is 13.3. The zero-order valence-electron chi connectivity index (χ0n) is 21.6. The molecule has 0 bridgehead atoms. The molecule has 5 rings (SSSR count). The Morgan fingerprint density at radius 3 is 2.69 bits per heavy atom. The Morgan fingerprint density at radius 2 is 1.92 bits per heavy atom. The summed E-state index contributed by atoms with van der Waals surface area (Å²) < 4.78 is 68.4. The molecule has 2 saturated heterocycles. The number of fused-ring (bicyclic) bond motifs is 1. The second kappa shape index (κ2) is 11.3. The molecule has 11 nitrogen and oxygen atoms in total. The van der Waals surface area contributed by atoms with Gasteiger partial charge in [-0.15, -0.1) is 0 Å². The van der Waals surface area contributed by atoms with Crippen molar-refractivity contribution in [2.75, 3.05) is 39.5 Å². The maximum Gasteiger partial charge on any atom is 0.243 e. The Kier molecular flexibility index (Phi) is 8.20. The second-order valence-corrected chi connectivity index (χ2v) is 13.9. The Morgan fingerprint density at radius 1 is 1.13 bits per heavy atom. The van der Waals surface area contributed by atoms with Crippen molar-refractivity contribution in [3.05, 3.63) is 48.0 Å². The minimum atomic E-state index is -3.84. The summed E-state index contributed by atoms with van der Waals surface area (Å²) in [6.07, 6.45) is 2.80. The summed E-state index contributed by atoms with van der Waals surface area (Å²) in [6.45, 7) is 2.14. The van der Waals surface area contributed by atoms with Gasteiger partial charge in [-0.2, -0.15) is 4.31 Å². The van der Waals surface area contributed by atoms with E-state index in [0.29, 0.717) is 49.8 Å². The van der Waals surface area contributed by atoms with E-state index < -0.39 is 26.2 Å². The van der Waals surface area contributed by atoms with Crippen LogP contribution in [-0.4, -0.2) is 83.4 Å². The van der Waals surface area contributed by atoms with Gasteiger partial charge in [0.1, 0.15) is 24.2 Å². The first kappa shape index (κ1) is 28.3. The number of nitrogens with zero attached hydrogens (tertiary/aromatic N) is 1. The number of benzene rings is 2. The molecule has 0 amide bonds. The minimum Gasteiger partial charge on any atom is -0.493 e. The molecule has 0 saturated carbocycles. The van der Waals surface area contributed by atoms with Gasteiger partial charge in [-0.1, -0.05) is 6.07 Å². The highest BCUT2D eigenvalue weighted by atomic mass is 32.2. The molecule has 3 aliphatic rings. The number of primary sulfonamides is 1. The van der Waals surface area contributed by atoms with Gasteiger partial charge >= 0.3 is 0 Å². The van der Waals surface area contributed by atoms with Crippen LogP contribution in [0.15, 0.2) is 52.3 Å². The lowest BCUT2D eigenvalue weighted by molar-refractivity contribution is -0.0312. The van der Waals surface area contributed by atoms with Crippen molar-refractivity contribution in [3.8, 4) is 11.5 Å². The number of piperidine rings is 1. The van der Waals surface area contributed by atoms with Gasteiger partial charge in [-0.25, -0.2) is 22.0 Å². The van der Waals surface area contributed by atoms with Crippen molar-refractivity contribution in [1.29, 1.82) is 0 Å². The van der Waals surface area contributed by atoms with Crippen molar-refractivity contribution in [1.82, 2.24) is 9.62 Å². The number of aryl methyl sites for hydroxylation is 1. The number of hydrogen-bond acceptors (Lipinski definition) is 9. The predicted molar refractivity (Wildman–Crippen MR) is 143 cm³/mol. The van der Waals surface area contributed by atoms with Crippen molar-refractivity contribution in [2.24, 2.45) is 5.14 Å². The molecule has 4 N–H and O–H groups in total. The molecule has 1 spiro atoms. The summed E-state index contributed by atoms with van der Waals surface area (Å²) >= 11 is 0. The summed E-state index contributed by atoms with van der Waals surface area (Å²) in [5.41, 5.74) is 0.552. The maximum atomic E-state index is 13.3. The lowest BCUT2D eigenvalue weighted by atomic mass is 9.88. The van der Waals surface area contributed by atoms with Crippen LogP contribution in [0.3, 0.4) is 0 Å². The van der Waals surface area contributed by atoms with E-state index in [4.69, 9.17) is 19.3 Å². The van der Waals surface area contributed by atoms with Gasteiger partial charge in [-0.05, 0) is 68.0 Å². The fourth-order valence-electron chi connectivity index (χ4n) is 5.40. The molecule has 0 radical (unpaired) electrons. The van der Waals surface area contributed by atoms with Crippen LogP contribution in [0.25, 0.3) is 0 Å². The highest BCUT2D eigenvalue weighted by Gasteiger charge is 2.44. The Labute approximate surface area is 229 Å². The van der Waals surface area contributed by atoms with Crippen molar-refractivity contribution in [2.45, 2.75) is 59.6 Å². The molecule has 2 aromatic rings. The number of aliphatic hydroxyl groups is 1. The van der Waals surface area contributed by atoms with Crippen LogP contribution in [0.4, 0.5) is 0 Å². The lowest BCUT2D eigenvalue weighted by Gasteiger charge is -2.38. The number of ether oxygens (including phenoxy) is 3. The molecule has 0 aromatic heterocycles. The monoisotopic (exact) mass is 581 g/mol. The number of hydrogen-bond donors (Lipinski definition) is 3. The van der Waals surface area contributed by atoms with Crippen molar-refractivity contribution >= 4 is 20.0 Å². The zero-order chi connectivity index (χ0) is 27.7. The van der Waals surface area contributed by atoms with E-state index in [1.54, 1.807) is 28.6 Å². The third-order valence-corrected chi connectivity index (χ3v) is 10.4. The minimum absolute atomic E-state index is 0.0224. The normalized spacial score (nSPS) is 22.3. The number of nitrogens with one attached hydrogen (secondary N) is 1. The van der Waals surface area contributed by atoms with Gasteiger partial charge in [0.2, 0.25) is 20.0 Å². The highest BCUT2D eigenvalue weighted by Crippen LogP contribution is 2.38. The average Bonchev–Trinajstić information content (AvgIpc) is 3.32.